The van der Waals surface area contributed by atoms with Gasteiger partial charge in [-0.1, -0.05) is 39.0 Å². The molecule has 2 heterocycles. The van der Waals surface area contributed by atoms with Crippen molar-refractivity contribution < 1.29 is 4.79 Å². The Hall–Kier alpha value is -0.370. The van der Waals surface area contributed by atoms with Crippen molar-refractivity contribution in [1.29, 1.82) is 0 Å². The van der Waals surface area contributed by atoms with E-state index in [0.717, 1.165) is 31.3 Å². The lowest BCUT2D eigenvalue weighted by atomic mass is 9.87. The highest BCUT2D eigenvalue weighted by Crippen LogP contribution is 2.33. The highest BCUT2D eigenvalue weighted by molar-refractivity contribution is 5.78. The van der Waals surface area contributed by atoms with Crippen molar-refractivity contribution in [3.63, 3.8) is 0 Å². The van der Waals surface area contributed by atoms with E-state index in [1.54, 1.807) is 0 Å². The van der Waals surface area contributed by atoms with Gasteiger partial charge in [-0.05, 0) is 38.0 Å². The summed E-state index contributed by atoms with van der Waals surface area (Å²) in [4.78, 5) is 12.0. The third-order valence-electron chi connectivity index (χ3n) is 4.90. The minimum Gasteiger partial charge on any atom is -0.311 e. The lowest BCUT2D eigenvalue weighted by Gasteiger charge is -2.28. The Morgan fingerprint density at radius 3 is 2.32 bits per heavy atom. The van der Waals surface area contributed by atoms with Crippen LogP contribution in [0.2, 0.25) is 0 Å². The van der Waals surface area contributed by atoms with Crippen LogP contribution in [0.4, 0.5) is 0 Å². The van der Waals surface area contributed by atoms with Gasteiger partial charge in [-0.25, -0.2) is 0 Å². The van der Waals surface area contributed by atoms with Crippen molar-refractivity contribution in [1.82, 2.24) is 5.32 Å². The number of nitrogens with one attached hydrogen (secondary N) is 1. The minimum atomic E-state index is 0.529. The maximum absolute atomic E-state index is 12.0. The fourth-order valence-corrected chi connectivity index (χ4v) is 3.87. The van der Waals surface area contributed by atoms with Crippen molar-refractivity contribution >= 4 is 5.78 Å². The Balaban J connectivity index is 1.52. The zero-order valence-corrected chi connectivity index (χ0v) is 12.6. The number of fused-ring (bicyclic) bond motifs is 2. The first-order valence-electron chi connectivity index (χ1n) is 8.55. The van der Waals surface area contributed by atoms with E-state index in [9.17, 15) is 4.79 Å². The van der Waals surface area contributed by atoms with E-state index in [1.807, 2.05) is 0 Å². The van der Waals surface area contributed by atoms with Crippen LogP contribution >= 0.6 is 0 Å². The minimum absolute atomic E-state index is 0.529. The van der Waals surface area contributed by atoms with Gasteiger partial charge in [0.1, 0.15) is 5.78 Å². The summed E-state index contributed by atoms with van der Waals surface area (Å²) >= 11 is 0. The van der Waals surface area contributed by atoms with Crippen LogP contribution in [0.15, 0.2) is 0 Å². The number of hydrogen-bond donors (Lipinski definition) is 1. The molecular formula is C17H31NO. The fraction of sp³-hybridized carbons (Fsp3) is 0.941. The molecule has 0 saturated carbocycles. The molecule has 19 heavy (non-hydrogen) atoms. The number of piperidine rings is 1. The van der Waals surface area contributed by atoms with Crippen molar-refractivity contribution in [2.45, 2.75) is 96.1 Å². The summed E-state index contributed by atoms with van der Waals surface area (Å²) in [6, 6.07) is 1.45. The van der Waals surface area contributed by atoms with Crippen molar-refractivity contribution in [2.75, 3.05) is 0 Å². The lowest BCUT2D eigenvalue weighted by Crippen LogP contribution is -2.38. The summed E-state index contributed by atoms with van der Waals surface area (Å²) in [5, 5.41) is 3.65. The summed E-state index contributed by atoms with van der Waals surface area (Å²) in [6.07, 6.45) is 14.6. The topological polar surface area (TPSA) is 29.1 Å². The molecule has 2 aliphatic heterocycles. The molecule has 0 aliphatic carbocycles. The molecule has 0 amide bonds. The van der Waals surface area contributed by atoms with Gasteiger partial charge in [-0.2, -0.15) is 0 Å². The van der Waals surface area contributed by atoms with Crippen LogP contribution < -0.4 is 5.32 Å². The average molecular weight is 265 g/mol. The Bertz CT molecular complexity index is 264. The van der Waals surface area contributed by atoms with Crippen molar-refractivity contribution in [3.8, 4) is 0 Å². The van der Waals surface area contributed by atoms with Crippen LogP contribution in [0.1, 0.15) is 84.0 Å². The van der Waals surface area contributed by atoms with Gasteiger partial charge in [0.05, 0.1) is 0 Å². The molecule has 2 bridgehead atoms. The summed E-state index contributed by atoms with van der Waals surface area (Å²) in [5.74, 6) is 1.22. The van der Waals surface area contributed by atoms with Crippen molar-refractivity contribution in [2.24, 2.45) is 5.92 Å². The van der Waals surface area contributed by atoms with E-state index >= 15 is 0 Å². The van der Waals surface area contributed by atoms with Gasteiger partial charge in [0.2, 0.25) is 0 Å². The zero-order chi connectivity index (χ0) is 13.5. The third kappa shape index (κ3) is 5.25. The molecule has 2 rings (SSSR count). The van der Waals surface area contributed by atoms with Crippen LogP contribution in [0, 0.1) is 5.92 Å². The molecular weight excluding hydrogens is 234 g/mol. The van der Waals surface area contributed by atoms with Gasteiger partial charge >= 0.3 is 0 Å². The van der Waals surface area contributed by atoms with E-state index in [0.29, 0.717) is 11.7 Å². The first-order valence-corrected chi connectivity index (χ1v) is 8.55. The average Bonchev–Trinajstić information content (AvgIpc) is 2.73. The summed E-state index contributed by atoms with van der Waals surface area (Å²) in [7, 11) is 0. The molecule has 2 atom stereocenters. The van der Waals surface area contributed by atoms with Crippen LogP contribution in [0.5, 0.6) is 0 Å². The Kier molecular flexibility index (Phi) is 6.36. The second-order valence-electron chi connectivity index (χ2n) is 6.74. The second kappa shape index (κ2) is 8.04. The van der Waals surface area contributed by atoms with Crippen LogP contribution in [-0.4, -0.2) is 17.9 Å². The molecule has 2 saturated heterocycles. The Labute approximate surface area is 118 Å². The molecule has 0 aromatic rings. The van der Waals surface area contributed by atoms with Gasteiger partial charge in [-0.3, -0.25) is 4.79 Å². The predicted molar refractivity (Wildman–Crippen MR) is 80.3 cm³/mol. The number of rotatable bonds is 9. The predicted octanol–water partition coefficient (Wildman–Crippen LogP) is 4.23. The smallest absolute Gasteiger partial charge is 0.133 e. The molecule has 2 heteroatoms. The molecule has 0 aromatic carbocycles. The maximum Gasteiger partial charge on any atom is 0.133 e. The number of unbranched alkanes of at least 4 members (excludes halogenated alkanes) is 5. The molecule has 2 unspecified atom stereocenters. The number of ketones is 1. The summed E-state index contributed by atoms with van der Waals surface area (Å²) in [5.41, 5.74) is 0. The number of hydrogen-bond acceptors (Lipinski definition) is 2. The molecule has 0 radical (unpaired) electrons. The molecule has 2 nitrogen and oxygen atoms in total. The molecule has 110 valence electrons. The van der Waals surface area contributed by atoms with Gasteiger partial charge in [-0.15, -0.1) is 0 Å². The summed E-state index contributed by atoms with van der Waals surface area (Å²) < 4.78 is 0. The van der Waals surface area contributed by atoms with Gasteiger partial charge in [0, 0.05) is 24.9 Å². The number of carbonyl (C=O) groups excluding carboxylic acids is 1. The van der Waals surface area contributed by atoms with Gasteiger partial charge in [0.15, 0.2) is 0 Å². The maximum atomic E-state index is 12.0. The molecule has 2 fully saturated rings. The van der Waals surface area contributed by atoms with E-state index in [2.05, 4.69) is 12.2 Å². The largest absolute Gasteiger partial charge is 0.311 e. The first-order chi connectivity index (χ1) is 9.28. The molecule has 1 N–H and O–H groups in total. The zero-order valence-electron chi connectivity index (χ0n) is 12.6. The molecule has 2 aliphatic rings. The quantitative estimate of drug-likeness (QED) is 0.632. The Morgan fingerprint density at radius 2 is 1.63 bits per heavy atom. The van der Waals surface area contributed by atoms with Gasteiger partial charge < -0.3 is 5.32 Å². The molecule has 0 aromatic heterocycles. The van der Waals surface area contributed by atoms with Crippen LogP contribution in [0.3, 0.4) is 0 Å². The van der Waals surface area contributed by atoms with E-state index in [-0.39, 0.29) is 0 Å². The fourth-order valence-electron chi connectivity index (χ4n) is 3.87. The first kappa shape index (κ1) is 15.0. The highest BCUT2D eigenvalue weighted by Gasteiger charge is 2.33. The second-order valence-corrected chi connectivity index (χ2v) is 6.74. The van der Waals surface area contributed by atoms with E-state index in [1.165, 1.54) is 57.8 Å². The monoisotopic (exact) mass is 265 g/mol. The highest BCUT2D eigenvalue weighted by atomic mass is 16.1. The lowest BCUT2D eigenvalue weighted by molar-refractivity contribution is -0.120. The van der Waals surface area contributed by atoms with Crippen LogP contribution in [-0.2, 0) is 4.79 Å². The molecule has 0 spiro atoms. The normalized spacial score (nSPS) is 29.6. The van der Waals surface area contributed by atoms with E-state index in [4.69, 9.17) is 0 Å². The van der Waals surface area contributed by atoms with Crippen molar-refractivity contribution in [3.05, 3.63) is 0 Å². The number of carbonyl (C=O) groups is 1. The van der Waals surface area contributed by atoms with Crippen LogP contribution in [0.25, 0.3) is 0 Å². The third-order valence-corrected chi connectivity index (χ3v) is 4.90. The standard InChI is InChI=1S/C17H31NO/c1-2-3-4-5-6-7-8-17(19)13-14-11-15-9-10-16(12-14)18-15/h14-16,18H,2-13H2,1H3. The van der Waals surface area contributed by atoms with Gasteiger partial charge in [0.25, 0.3) is 0 Å². The summed E-state index contributed by atoms with van der Waals surface area (Å²) in [6.45, 7) is 2.25. The number of Topliss-reactive ketones (excluding diaryl/α,β-unsaturated/α-hetero) is 1. The Morgan fingerprint density at radius 1 is 1.00 bits per heavy atom. The van der Waals surface area contributed by atoms with E-state index < -0.39 is 0 Å². The SMILES string of the molecule is CCCCCCCCC(=O)CC1CC2CCC(C1)N2.